The largest absolute Gasteiger partial charge is 0.373 e. The van der Waals surface area contributed by atoms with E-state index in [0.717, 1.165) is 23.9 Å². The fourth-order valence-electron chi connectivity index (χ4n) is 1.04. The van der Waals surface area contributed by atoms with Crippen molar-refractivity contribution < 1.29 is 4.74 Å². The Morgan fingerprint density at radius 3 is 2.85 bits per heavy atom. The van der Waals surface area contributed by atoms with Crippen LogP contribution in [-0.2, 0) is 4.74 Å². The summed E-state index contributed by atoms with van der Waals surface area (Å²) in [5.41, 5.74) is 0. The number of rotatable bonds is 5. The van der Waals surface area contributed by atoms with Gasteiger partial charge in [-0.1, -0.05) is 6.92 Å². The van der Waals surface area contributed by atoms with Gasteiger partial charge in [0, 0.05) is 25.2 Å². The minimum absolute atomic E-state index is 0.0312. The molecule has 1 heterocycles. The van der Waals surface area contributed by atoms with Gasteiger partial charge in [-0.05, 0) is 13.3 Å². The Kier molecular flexibility index (Phi) is 4.11. The van der Waals surface area contributed by atoms with E-state index < -0.39 is 0 Å². The summed E-state index contributed by atoms with van der Waals surface area (Å²) in [6.07, 6.45) is 0.933. The molecule has 0 aliphatic carbocycles. The molecular formula is C8H15N3OS. The van der Waals surface area contributed by atoms with Gasteiger partial charge in [0.15, 0.2) is 5.82 Å². The van der Waals surface area contributed by atoms with Crippen molar-refractivity contribution in [2.45, 2.75) is 26.4 Å². The SMILES string of the molecule is CCNc1nc(C(CC)OC)ns1. The minimum atomic E-state index is 0.0312. The van der Waals surface area contributed by atoms with Crippen molar-refractivity contribution in [3.8, 4) is 0 Å². The Bertz CT molecular complexity index is 247. The van der Waals surface area contributed by atoms with Gasteiger partial charge in [0.2, 0.25) is 5.13 Å². The zero-order valence-corrected chi connectivity index (χ0v) is 9.02. The highest BCUT2D eigenvalue weighted by molar-refractivity contribution is 7.09. The van der Waals surface area contributed by atoms with Crippen LogP contribution in [0.1, 0.15) is 32.2 Å². The van der Waals surface area contributed by atoms with Gasteiger partial charge in [-0.25, -0.2) is 4.98 Å². The molecule has 0 amide bonds. The molecule has 1 aromatic rings. The number of ether oxygens (including phenoxy) is 1. The number of anilines is 1. The molecule has 13 heavy (non-hydrogen) atoms. The van der Waals surface area contributed by atoms with Crippen LogP contribution < -0.4 is 5.32 Å². The van der Waals surface area contributed by atoms with Crippen LogP contribution in [-0.4, -0.2) is 23.0 Å². The first-order valence-electron chi connectivity index (χ1n) is 4.42. The Hall–Kier alpha value is -0.680. The predicted molar refractivity (Wildman–Crippen MR) is 54.1 cm³/mol. The number of nitrogens with one attached hydrogen (secondary N) is 1. The zero-order valence-electron chi connectivity index (χ0n) is 8.20. The van der Waals surface area contributed by atoms with Crippen molar-refractivity contribution in [3.05, 3.63) is 5.82 Å². The second-order valence-electron chi connectivity index (χ2n) is 2.62. The lowest BCUT2D eigenvalue weighted by atomic mass is 10.3. The van der Waals surface area contributed by atoms with Crippen molar-refractivity contribution in [2.24, 2.45) is 0 Å². The topological polar surface area (TPSA) is 47.0 Å². The van der Waals surface area contributed by atoms with Crippen LogP contribution >= 0.6 is 11.5 Å². The number of methoxy groups -OCH3 is 1. The Morgan fingerprint density at radius 1 is 1.54 bits per heavy atom. The molecule has 1 aromatic heterocycles. The van der Waals surface area contributed by atoms with E-state index in [1.165, 1.54) is 11.5 Å². The van der Waals surface area contributed by atoms with Crippen molar-refractivity contribution in [2.75, 3.05) is 19.0 Å². The standard InChI is InChI=1S/C8H15N3OS/c1-4-6(12-3)7-10-8(9-5-2)13-11-7/h6H,4-5H2,1-3H3,(H,9,10,11). The Morgan fingerprint density at radius 2 is 2.31 bits per heavy atom. The van der Waals surface area contributed by atoms with Crippen LogP contribution in [0.15, 0.2) is 0 Å². The molecule has 0 fully saturated rings. The maximum Gasteiger partial charge on any atom is 0.202 e. The number of nitrogens with zero attached hydrogens (tertiary/aromatic N) is 2. The van der Waals surface area contributed by atoms with Crippen LogP contribution in [0.4, 0.5) is 5.13 Å². The number of aromatic nitrogens is 2. The molecule has 1 unspecified atom stereocenters. The summed E-state index contributed by atoms with van der Waals surface area (Å²) in [7, 11) is 1.68. The molecule has 0 aliphatic rings. The van der Waals surface area contributed by atoms with Crippen LogP contribution in [0.5, 0.6) is 0 Å². The van der Waals surface area contributed by atoms with Gasteiger partial charge < -0.3 is 10.1 Å². The highest BCUT2D eigenvalue weighted by atomic mass is 32.1. The average molecular weight is 201 g/mol. The minimum Gasteiger partial charge on any atom is -0.373 e. The third-order valence-electron chi connectivity index (χ3n) is 1.71. The molecule has 0 saturated heterocycles. The second kappa shape index (κ2) is 5.14. The molecule has 74 valence electrons. The third-order valence-corrected chi connectivity index (χ3v) is 2.40. The Balaban J connectivity index is 2.66. The summed E-state index contributed by atoms with van der Waals surface area (Å²) in [4.78, 5) is 4.31. The highest BCUT2D eigenvalue weighted by Gasteiger charge is 2.13. The quantitative estimate of drug-likeness (QED) is 0.792. The monoisotopic (exact) mass is 201 g/mol. The van der Waals surface area contributed by atoms with Gasteiger partial charge in [0.1, 0.15) is 6.10 Å². The van der Waals surface area contributed by atoms with E-state index >= 15 is 0 Å². The zero-order chi connectivity index (χ0) is 9.68. The Labute approximate surface area is 82.5 Å². The average Bonchev–Trinajstić information content (AvgIpc) is 2.56. The van der Waals surface area contributed by atoms with Crippen molar-refractivity contribution in [1.29, 1.82) is 0 Å². The van der Waals surface area contributed by atoms with Gasteiger partial charge in [-0.3, -0.25) is 0 Å². The van der Waals surface area contributed by atoms with E-state index in [2.05, 4.69) is 21.6 Å². The smallest absolute Gasteiger partial charge is 0.202 e. The van der Waals surface area contributed by atoms with Crippen molar-refractivity contribution >= 4 is 16.7 Å². The fraction of sp³-hybridized carbons (Fsp3) is 0.750. The third kappa shape index (κ3) is 2.63. The maximum absolute atomic E-state index is 5.23. The molecule has 0 bridgehead atoms. The van der Waals surface area contributed by atoms with E-state index in [9.17, 15) is 0 Å². The van der Waals surface area contributed by atoms with Gasteiger partial charge in [-0.2, -0.15) is 4.37 Å². The summed E-state index contributed by atoms with van der Waals surface area (Å²) in [5.74, 6) is 0.783. The van der Waals surface area contributed by atoms with Gasteiger partial charge in [0.05, 0.1) is 0 Å². The van der Waals surface area contributed by atoms with E-state index in [1.54, 1.807) is 7.11 Å². The molecule has 1 atom stereocenters. The highest BCUT2D eigenvalue weighted by Crippen LogP contribution is 2.20. The van der Waals surface area contributed by atoms with E-state index in [-0.39, 0.29) is 6.10 Å². The summed E-state index contributed by atoms with van der Waals surface area (Å²) in [6, 6.07) is 0. The van der Waals surface area contributed by atoms with Crippen LogP contribution in [0.2, 0.25) is 0 Å². The second-order valence-corrected chi connectivity index (χ2v) is 3.37. The molecule has 0 spiro atoms. The predicted octanol–water partition coefficient (Wildman–Crippen LogP) is 2.07. The van der Waals surface area contributed by atoms with Crippen molar-refractivity contribution in [1.82, 2.24) is 9.36 Å². The number of hydrogen-bond donors (Lipinski definition) is 1. The molecule has 1 N–H and O–H groups in total. The van der Waals surface area contributed by atoms with Gasteiger partial charge in [0.25, 0.3) is 0 Å². The molecule has 0 aliphatic heterocycles. The molecule has 5 heteroatoms. The first-order chi connectivity index (χ1) is 6.31. The molecule has 1 rings (SSSR count). The summed E-state index contributed by atoms with van der Waals surface area (Å²) < 4.78 is 9.45. The first-order valence-corrected chi connectivity index (χ1v) is 5.19. The molecule has 0 saturated carbocycles. The lowest BCUT2D eigenvalue weighted by molar-refractivity contribution is 0.0937. The first kappa shape index (κ1) is 10.4. The molecule has 4 nitrogen and oxygen atoms in total. The lowest BCUT2D eigenvalue weighted by Gasteiger charge is -2.07. The molecule has 0 radical (unpaired) electrons. The van der Waals surface area contributed by atoms with Crippen molar-refractivity contribution in [3.63, 3.8) is 0 Å². The van der Waals surface area contributed by atoms with Crippen LogP contribution in [0.25, 0.3) is 0 Å². The van der Waals surface area contributed by atoms with Crippen LogP contribution in [0.3, 0.4) is 0 Å². The van der Waals surface area contributed by atoms with Gasteiger partial charge >= 0.3 is 0 Å². The van der Waals surface area contributed by atoms with Gasteiger partial charge in [-0.15, -0.1) is 0 Å². The maximum atomic E-state index is 5.23. The number of hydrogen-bond acceptors (Lipinski definition) is 5. The van der Waals surface area contributed by atoms with E-state index in [0.29, 0.717) is 0 Å². The molecule has 0 aromatic carbocycles. The normalized spacial score (nSPS) is 12.8. The lowest BCUT2D eigenvalue weighted by Crippen LogP contribution is -2.02. The van der Waals surface area contributed by atoms with E-state index in [4.69, 9.17) is 4.74 Å². The summed E-state index contributed by atoms with van der Waals surface area (Å²) in [6.45, 7) is 4.97. The fourth-order valence-corrected chi connectivity index (χ4v) is 1.72. The molecular weight excluding hydrogens is 186 g/mol. The van der Waals surface area contributed by atoms with Crippen LogP contribution in [0, 0.1) is 0 Å². The summed E-state index contributed by atoms with van der Waals surface area (Å²) in [5, 5.41) is 3.99. The van der Waals surface area contributed by atoms with E-state index in [1.807, 2.05) is 6.92 Å². The summed E-state index contributed by atoms with van der Waals surface area (Å²) >= 11 is 1.38.